The summed E-state index contributed by atoms with van der Waals surface area (Å²) >= 11 is 0. The Labute approximate surface area is 167 Å². The number of hydrogen-bond acceptors (Lipinski definition) is 5. The van der Waals surface area contributed by atoms with Crippen molar-refractivity contribution in [3.63, 3.8) is 0 Å². The second-order valence-electron chi connectivity index (χ2n) is 8.41. The van der Waals surface area contributed by atoms with Crippen molar-refractivity contribution in [1.82, 2.24) is 14.1 Å². The fourth-order valence-corrected chi connectivity index (χ4v) is 5.80. The van der Waals surface area contributed by atoms with Crippen molar-refractivity contribution >= 4 is 21.8 Å². The quantitative estimate of drug-likeness (QED) is 0.737. The number of rotatable bonds is 5. The SMILES string of the molecule is CC(C)[C@H]1C(=O)N(S(C)(=O)=O)[C@H]2CCN(C(=O)c3ccccc3CN(C)C)[C@H]12. The van der Waals surface area contributed by atoms with Crippen LogP contribution in [0.25, 0.3) is 0 Å². The van der Waals surface area contributed by atoms with Gasteiger partial charge in [-0.25, -0.2) is 12.7 Å². The maximum Gasteiger partial charge on any atom is 0.254 e. The molecule has 2 saturated heterocycles. The van der Waals surface area contributed by atoms with Gasteiger partial charge < -0.3 is 9.80 Å². The van der Waals surface area contributed by atoms with Gasteiger partial charge in [0.05, 0.1) is 24.3 Å². The highest BCUT2D eigenvalue weighted by molar-refractivity contribution is 7.88. The van der Waals surface area contributed by atoms with Gasteiger partial charge in [-0.2, -0.15) is 0 Å². The summed E-state index contributed by atoms with van der Waals surface area (Å²) in [4.78, 5) is 30.1. The van der Waals surface area contributed by atoms with Crippen LogP contribution in [-0.2, 0) is 21.4 Å². The average Bonchev–Trinajstić information content (AvgIpc) is 3.09. The first-order valence-electron chi connectivity index (χ1n) is 9.61. The second kappa shape index (κ2) is 7.48. The van der Waals surface area contributed by atoms with E-state index in [4.69, 9.17) is 0 Å². The molecule has 0 N–H and O–H groups in total. The fraction of sp³-hybridized carbons (Fsp3) is 0.600. The molecule has 8 heteroatoms. The second-order valence-corrected chi connectivity index (χ2v) is 10.3. The Morgan fingerprint density at radius 3 is 2.46 bits per heavy atom. The number of amides is 2. The molecule has 1 aromatic rings. The monoisotopic (exact) mass is 407 g/mol. The Morgan fingerprint density at radius 1 is 1.25 bits per heavy atom. The number of fused-ring (bicyclic) bond motifs is 1. The van der Waals surface area contributed by atoms with Gasteiger partial charge in [0.2, 0.25) is 15.9 Å². The number of sulfonamides is 1. The highest BCUT2D eigenvalue weighted by Crippen LogP contribution is 2.41. The molecule has 0 bridgehead atoms. The standard InChI is InChI=1S/C20H29N3O4S/c1-13(2)17-18-16(23(20(17)25)28(5,26)27)10-11-22(18)19(24)15-9-7-6-8-14(15)12-21(3)4/h6-9,13,16-18H,10-12H2,1-5H3/t16-,17+,18-/m0/s1. The first-order valence-corrected chi connectivity index (χ1v) is 11.5. The van der Waals surface area contributed by atoms with E-state index in [0.29, 0.717) is 25.1 Å². The summed E-state index contributed by atoms with van der Waals surface area (Å²) in [7, 11) is 0.221. The molecule has 2 aliphatic heterocycles. The lowest BCUT2D eigenvalue weighted by atomic mass is 9.88. The van der Waals surface area contributed by atoms with Gasteiger partial charge in [0.1, 0.15) is 0 Å². The predicted molar refractivity (Wildman–Crippen MR) is 107 cm³/mol. The molecule has 7 nitrogen and oxygen atoms in total. The molecule has 0 spiro atoms. The third-order valence-corrected chi connectivity index (χ3v) is 6.83. The molecule has 3 rings (SSSR count). The summed E-state index contributed by atoms with van der Waals surface area (Å²) in [6, 6.07) is 6.60. The van der Waals surface area contributed by atoms with Gasteiger partial charge in [0, 0.05) is 18.7 Å². The number of nitrogens with zero attached hydrogens (tertiary/aromatic N) is 3. The Bertz CT molecular complexity index is 881. The van der Waals surface area contributed by atoms with Gasteiger partial charge in [-0.15, -0.1) is 0 Å². The van der Waals surface area contributed by atoms with E-state index in [0.717, 1.165) is 16.1 Å². The van der Waals surface area contributed by atoms with Crippen molar-refractivity contribution in [2.75, 3.05) is 26.9 Å². The van der Waals surface area contributed by atoms with Crippen molar-refractivity contribution in [2.45, 2.75) is 38.9 Å². The van der Waals surface area contributed by atoms with Crippen LogP contribution >= 0.6 is 0 Å². The lowest BCUT2D eigenvalue weighted by Crippen LogP contribution is -2.44. The van der Waals surface area contributed by atoms with Crippen molar-refractivity contribution in [3.05, 3.63) is 35.4 Å². The summed E-state index contributed by atoms with van der Waals surface area (Å²) in [6.07, 6.45) is 1.55. The zero-order valence-corrected chi connectivity index (χ0v) is 17.9. The average molecular weight is 408 g/mol. The molecule has 0 radical (unpaired) electrons. The molecule has 2 aliphatic rings. The van der Waals surface area contributed by atoms with E-state index in [1.54, 1.807) is 4.90 Å². The summed E-state index contributed by atoms with van der Waals surface area (Å²) in [5.41, 5.74) is 1.54. The van der Waals surface area contributed by atoms with Crippen LogP contribution in [0.2, 0.25) is 0 Å². The molecular weight excluding hydrogens is 378 g/mol. The van der Waals surface area contributed by atoms with Gasteiger partial charge in [0.15, 0.2) is 0 Å². The smallest absolute Gasteiger partial charge is 0.254 e. The minimum absolute atomic E-state index is 0.0582. The maximum absolute atomic E-state index is 13.5. The normalized spacial score (nSPS) is 25.1. The van der Waals surface area contributed by atoms with Crippen LogP contribution in [0.15, 0.2) is 24.3 Å². The third-order valence-electron chi connectivity index (χ3n) is 5.66. The van der Waals surface area contributed by atoms with Crippen LogP contribution in [-0.4, -0.2) is 73.3 Å². The van der Waals surface area contributed by atoms with Crippen molar-refractivity contribution in [2.24, 2.45) is 11.8 Å². The lowest BCUT2D eigenvalue weighted by molar-refractivity contribution is -0.129. The zero-order chi connectivity index (χ0) is 20.8. The molecule has 0 aliphatic carbocycles. The first-order chi connectivity index (χ1) is 13.0. The van der Waals surface area contributed by atoms with E-state index in [-0.39, 0.29) is 17.7 Å². The molecule has 28 heavy (non-hydrogen) atoms. The van der Waals surface area contributed by atoms with Crippen molar-refractivity contribution < 1.29 is 18.0 Å². The highest BCUT2D eigenvalue weighted by atomic mass is 32.2. The van der Waals surface area contributed by atoms with E-state index >= 15 is 0 Å². The van der Waals surface area contributed by atoms with E-state index in [1.165, 1.54) is 0 Å². The van der Waals surface area contributed by atoms with Gasteiger partial charge in [-0.3, -0.25) is 9.59 Å². The van der Waals surface area contributed by atoms with Crippen LogP contribution in [0.5, 0.6) is 0 Å². The van der Waals surface area contributed by atoms with Crippen LogP contribution < -0.4 is 0 Å². The first kappa shape index (κ1) is 20.8. The summed E-state index contributed by atoms with van der Waals surface area (Å²) < 4.78 is 25.6. The summed E-state index contributed by atoms with van der Waals surface area (Å²) in [6.45, 7) is 4.90. The van der Waals surface area contributed by atoms with Gasteiger partial charge in [-0.05, 0) is 38.1 Å². The Kier molecular flexibility index (Phi) is 5.55. The van der Waals surface area contributed by atoms with Crippen LogP contribution in [0.4, 0.5) is 0 Å². The molecule has 2 fully saturated rings. The van der Waals surface area contributed by atoms with Gasteiger partial charge >= 0.3 is 0 Å². The van der Waals surface area contributed by atoms with Crippen molar-refractivity contribution in [3.8, 4) is 0 Å². The van der Waals surface area contributed by atoms with Gasteiger partial charge in [-0.1, -0.05) is 32.0 Å². The Morgan fingerprint density at radius 2 is 1.89 bits per heavy atom. The van der Waals surface area contributed by atoms with Crippen LogP contribution in [0.1, 0.15) is 36.2 Å². The van der Waals surface area contributed by atoms with Gasteiger partial charge in [0.25, 0.3) is 5.91 Å². The Hall–Kier alpha value is -1.93. The molecule has 2 heterocycles. The predicted octanol–water partition coefficient (Wildman–Crippen LogP) is 1.41. The number of hydrogen-bond donors (Lipinski definition) is 0. The fourth-order valence-electron chi connectivity index (χ4n) is 4.63. The highest BCUT2D eigenvalue weighted by Gasteiger charge is 2.58. The molecule has 0 unspecified atom stereocenters. The number of likely N-dealkylation sites (tertiary alicyclic amines) is 1. The van der Waals surface area contributed by atoms with E-state index in [1.807, 2.05) is 57.1 Å². The minimum Gasteiger partial charge on any atom is -0.333 e. The topological polar surface area (TPSA) is 78.0 Å². The Balaban J connectivity index is 1.99. The zero-order valence-electron chi connectivity index (χ0n) is 17.1. The molecule has 3 atom stereocenters. The molecular formula is C20H29N3O4S. The lowest BCUT2D eigenvalue weighted by Gasteiger charge is -2.30. The minimum atomic E-state index is -3.67. The number of carbonyl (C=O) groups is 2. The van der Waals surface area contributed by atoms with Crippen LogP contribution in [0, 0.1) is 11.8 Å². The van der Waals surface area contributed by atoms with E-state index in [2.05, 4.69) is 0 Å². The number of benzene rings is 1. The largest absolute Gasteiger partial charge is 0.333 e. The third kappa shape index (κ3) is 3.55. The van der Waals surface area contributed by atoms with E-state index < -0.39 is 28.0 Å². The molecule has 1 aromatic carbocycles. The van der Waals surface area contributed by atoms with Crippen LogP contribution in [0.3, 0.4) is 0 Å². The maximum atomic E-state index is 13.5. The number of carbonyl (C=O) groups excluding carboxylic acids is 2. The molecule has 0 aromatic heterocycles. The van der Waals surface area contributed by atoms with Crippen molar-refractivity contribution in [1.29, 1.82) is 0 Å². The molecule has 2 amide bonds. The van der Waals surface area contributed by atoms with E-state index in [9.17, 15) is 18.0 Å². The molecule has 154 valence electrons. The summed E-state index contributed by atoms with van der Waals surface area (Å²) in [5, 5.41) is 0. The summed E-state index contributed by atoms with van der Waals surface area (Å²) in [5.74, 6) is -1.07. The molecule has 0 saturated carbocycles.